The van der Waals surface area contributed by atoms with E-state index in [0.29, 0.717) is 29.7 Å². The number of carbonyl (C=O) groups is 1. The van der Waals surface area contributed by atoms with E-state index in [9.17, 15) is 9.90 Å². The van der Waals surface area contributed by atoms with Crippen LogP contribution in [0, 0.1) is 6.92 Å². The first-order valence-corrected chi connectivity index (χ1v) is 10.7. The topological polar surface area (TPSA) is 67.8 Å². The minimum absolute atomic E-state index is 0.0359. The first-order chi connectivity index (χ1) is 14.3. The van der Waals surface area contributed by atoms with Crippen LogP contribution in [0.2, 0.25) is 5.02 Å². The van der Waals surface area contributed by atoms with E-state index in [0.717, 1.165) is 18.4 Å². The summed E-state index contributed by atoms with van der Waals surface area (Å²) in [5, 5.41) is 13.2. The number of rotatable bonds is 9. The number of halogens is 1. The molecule has 2 N–H and O–H groups in total. The number of aryl methyl sites for hydroxylation is 1. The van der Waals surface area contributed by atoms with Crippen molar-refractivity contribution in [3.05, 3.63) is 57.6 Å². The fourth-order valence-corrected chi connectivity index (χ4v) is 3.98. The summed E-state index contributed by atoms with van der Waals surface area (Å²) in [6, 6.07) is 9.93. The van der Waals surface area contributed by atoms with Crippen molar-refractivity contribution in [3.63, 3.8) is 0 Å². The van der Waals surface area contributed by atoms with Crippen LogP contribution in [0.5, 0.6) is 11.5 Å². The highest BCUT2D eigenvalue weighted by Gasteiger charge is 2.29. The molecule has 0 radical (unpaired) electrons. The number of hydrogen-bond acceptors (Lipinski definition) is 5. The SMILES string of the molecule is CCOc1cc(O[C@H]2CCc3c(C)cccc32)c(Cl)cc1CN[C@@](C)(CO)C(C)=O. The molecule has 0 aliphatic heterocycles. The fraction of sp³-hybridized carbons (Fsp3) is 0.458. The quantitative estimate of drug-likeness (QED) is 0.610. The van der Waals surface area contributed by atoms with Gasteiger partial charge in [0.05, 0.1) is 23.8 Å². The highest BCUT2D eigenvalue weighted by Crippen LogP contribution is 2.40. The Morgan fingerprint density at radius 1 is 1.33 bits per heavy atom. The lowest BCUT2D eigenvalue weighted by Gasteiger charge is -2.26. The van der Waals surface area contributed by atoms with Gasteiger partial charge < -0.3 is 14.6 Å². The standard InChI is InChI=1S/C24H30ClNO4/c1-5-29-22-12-23(30-21-10-9-18-15(2)7-6-8-19(18)21)20(25)11-17(22)13-26-24(4,14-27)16(3)28/h6-8,11-12,21,26-27H,5,9-10,13-14H2,1-4H3/t21-,24-/m0/s1. The molecule has 0 heterocycles. The zero-order chi connectivity index (χ0) is 21.9. The number of Topliss-reactive ketones (excluding diaryl/α,β-unsaturated/α-hetero) is 1. The molecule has 1 aliphatic carbocycles. The van der Waals surface area contributed by atoms with Gasteiger partial charge in [-0.2, -0.15) is 0 Å². The van der Waals surface area contributed by atoms with E-state index in [2.05, 4.69) is 30.4 Å². The summed E-state index contributed by atoms with van der Waals surface area (Å²) in [6.07, 6.45) is 1.87. The van der Waals surface area contributed by atoms with Crippen LogP contribution in [-0.4, -0.2) is 29.6 Å². The van der Waals surface area contributed by atoms with Crippen LogP contribution in [0.15, 0.2) is 30.3 Å². The third kappa shape index (κ3) is 4.64. The average molecular weight is 432 g/mol. The molecule has 30 heavy (non-hydrogen) atoms. The zero-order valence-corrected chi connectivity index (χ0v) is 18.8. The van der Waals surface area contributed by atoms with E-state index in [1.54, 1.807) is 13.0 Å². The van der Waals surface area contributed by atoms with Gasteiger partial charge in [-0.1, -0.05) is 29.8 Å². The van der Waals surface area contributed by atoms with E-state index in [1.165, 1.54) is 23.6 Å². The number of benzene rings is 2. The lowest BCUT2D eigenvalue weighted by atomic mass is 9.98. The van der Waals surface area contributed by atoms with E-state index in [-0.39, 0.29) is 18.5 Å². The number of ether oxygens (including phenoxy) is 2. The molecular weight excluding hydrogens is 402 g/mol. The highest BCUT2D eigenvalue weighted by molar-refractivity contribution is 6.32. The van der Waals surface area contributed by atoms with E-state index in [1.807, 2.05) is 13.0 Å². The second-order valence-electron chi connectivity index (χ2n) is 8.01. The van der Waals surface area contributed by atoms with Gasteiger partial charge in [-0.05, 0) is 63.3 Å². The van der Waals surface area contributed by atoms with Crippen molar-refractivity contribution in [1.29, 1.82) is 0 Å². The van der Waals surface area contributed by atoms with Gasteiger partial charge in [0, 0.05) is 18.2 Å². The second kappa shape index (κ2) is 9.38. The molecule has 1 aliphatic rings. The molecule has 0 bridgehead atoms. The van der Waals surface area contributed by atoms with Crippen LogP contribution in [0.25, 0.3) is 0 Å². The predicted molar refractivity (Wildman–Crippen MR) is 119 cm³/mol. The normalized spacial score (nSPS) is 17.3. The minimum Gasteiger partial charge on any atom is -0.493 e. The number of ketones is 1. The molecule has 0 aromatic heterocycles. The van der Waals surface area contributed by atoms with Crippen LogP contribution in [0.3, 0.4) is 0 Å². The molecule has 0 amide bonds. The monoisotopic (exact) mass is 431 g/mol. The molecule has 0 saturated heterocycles. The third-order valence-electron chi connectivity index (χ3n) is 5.90. The summed E-state index contributed by atoms with van der Waals surface area (Å²) in [4.78, 5) is 11.9. The Kier molecular flexibility index (Phi) is 7.06. The number of hydrogen-bond donors (Lipinski definition) is 2. The predicted octanol–water partition coefficient (Wildman–Crippen LogP) is 4.54. The summed E-state index contributed by atoms with van der Waals surface area (Å²) in [7, 11) is 0. The number of aliphatic hydroxyl groups is 1. The maximum absolute atomic E-state index is 11.9. The fourth-order valence-electron chi connectivity index (χ4n) is 3.75. The smallest absolute Gasteiger partial charge is 0.151 e. The Labute approximate surface area is 183 Å². The number of nitrogens with one attached hydrogen (secondary N) is 1. The van der Waals surface area contributed by atoms with Gasteiger partial charge in [-0.3, -0.25) is 10.1 Å². The lowest BCUT2D eigenvalue weighted by Crippen LogP contribution is -2.51. The average Bonchev–Trinajstić information content (AvgIpc) is 3.13. The van der Waals surface area contributed by atoms with Crippen molar-refractivity contribution in [2.45, 2.75) is 58.7 Å². The molecular formula is C24H30ClNO4. The van der Waals surface area contributed by atoms with Gasteiger partial charge in [0.1, 0.15) is 17.6 Å². The van der Waals surface area contributed by atoms with Crippen LogP contribution in [0.1, 0.15) is 55.5 Å². The molecule has 6 heteroatoms. The molecule has 2 aromatic carbocycles. The van der Waals surface area contributed by atoms with Gasteiger partial charge >= 0.3 is 0 Å². The number of aliphatic hydroxyl groups excluding tert-OH is 1. The van der Waals surface area contributed by atoms with Crippen molar-refractivity contribution in [2.75, 3.05) is 13.2 Å². The van der Waals surface area contributed by atoms with Gasteiger partial charge in [0.25, 0.3) is 0 Å². The minimum atomic E-state index is -1.02. The molecule has 0 unspecified atom stereocenters. The van der Waals surface area contributed by atoms with Crippen molar-refractivity contribution < 1.29 is 19.4 Å². The summed E-state index contributed by atoms with van der Waals surface area (Å²) in [5.74, 6) is 1.10. The maximum atomic E-state index is 11.9. The van der Waals surface area contributed by atoms with Crippen LogP contribution >= 0.6 is 11.6 Å². The van der Waals surface area contributed by atoms with E-state index in [4.69, 9.17) is 21.1 Å². The summed E-state index contributed by atoms with van der Waals surface area (Å²) in [6.45, 7) is 7.70. The van der Waals surface area contributed by atoms with Crippen LogP contribution in [0.4, 0.5) is 0 Å². The molecule has 2 aromatic rings. The van der Waals surface area contributed by atoms with Crippen molar-refractivity contribution in [3.8, 4) is 11.5 Å². The molecule has 0 fully saturated rings. The maximum Gasteiger partial charge on any atom is 0.151 e. The number of carbonyl (C=O) groups excluding carboxylic acids is 1. The largest absolute Gasteiger partial charge is 0.493 e. The molecule has 2 atom stereocenters. The Bertz CT molecular complexity index is 930. The van der Waals surface area contributed by atoms with E-state index >= 15 is 0 Å². The van der Waals surface area contributed by atoms with Gasteiger partial charge in [-0.25, -0.2) is 0 Å². The molecule has 0 saturated carbocycles. The summed E-state index contributed by atoms with van der Waals surface area (Å²) < 4.78 is 12.1. The molecule has 0 spiro atoms. The molecule has 5 nitrogen and oxygen atoms in total. The van der Waals surface area contributed by atoms with Gasteiger partial charge in [0.15, 0.2) is 5.78 Å². The first kappa shape index (κ1) is 22.6. The summed E-state index contributed by atoms with van der Waals surface area (Å²) in [5.41, 5.74) is 3.65. The Morgan fingerprint density at radius 3 is 2.77 bits per heavy atom. The van der Waals surface area contributed by atoms with Crippen LogP contribution in [-0.2, 0) is 17.8 Å². The Morgan fingerprint density at radius 2 is 2.10 bits per heavy atom. The Hall–Kier alpha value is -2.08. The van der Waals surface area contributed by atoms with Gasteiger partial charge in [0.2, 0.25) is 0 Å². The molecule has 162 valence electrons. The third-order valence-corrected chi connectivity index (χ3v) is 6.19. The van der Waals surface area contributed by atoms with Crippen molar-refractivity contribution >= 4 is 17.4 Å². The second-order valence-corrected chi connectivity index (χ2v) is 8.42. The van der Waals surface area contributed by atoms with Crippen LogP contribution < -0.4 is 14.8 Å². The highest BCUT2D eigenvalue weighted by atomic mass is 35.5. The van der Waals surface area contributed by atoms with E-state index < -0.39 is 5.54 Å². The Balaban J connectivity index is 1.84. The zero-order valence-electron chi connectivity index (χ0n) is 18.0. The summed E-state index contributed by atoms with van der Waals surface area (Å²) >= 11 is 6.56. The lowest BCUT2D eigenvalue weighted by molar-refractivity contribution is -0.124. The van der Waals surface area contributed by atoms with Crippen molar-refractivity contribution in [1.82, 2.24) is 5.32 Å². The first-order valence-electron chi connectivity index (χ1n) is 10.4. The molecule has 3 rings (SSSR count). The van der Waals surface area contributed by atoms with Crippen molar-refractivity contribution in [2.24, 2.45) is 0 Å². The van der Waals surface area contributed by atoms with Gasteiger partial charge in [-0.15, -0.1) is 0 Å². The number of fused-ring (bicyclic) bond motifs is 1.